The number of aromatic nitrogens is 1. The molecule has 1 aromatic carbocycles. The van der Waals surface area contributed by atoms with Crippen LogP contribution in [-0.2, 0) is 0 Å². The number of carbonyl (C=O) groups excluding carboxylic acids is 2. The molecule has 2 amide bonds. The van der Waals surface area contributed by atoms with Gasteiger partial charge in [-0.3, -0.25) is 20.4 Å². The van der Waals surface area contributed by atoms with Gasteiger partial charge in [0.2, 0.25) is 0 Å². The Labute approximate surface area is 156 Å². The summed E-state index contributed by atoms with van der Waals surface area (Å²) in [5.41, 5.74) is 7.10. The van der Waals surface area contributed by atoms with Gasteiger partial charge in [0.15, 0.2) is 0 Å². The van der Waals surface area contributed by atoms with Gasteiger partial charge < -0.3 is 8.98 Å². The molecular weight excluding hydrogens is 349 g/mol. The van der Waals surface area contributed by atoms with Crippen LogP contribution in [-0.4, -0.2) is 16.4 Å². The van der Waals surface area contributed by atoms with Crippen LogP contribution in [0.3, 0.4) is 0 Å². The zero-order chi connectivity index (χ0) is 19.7. The van der Waals surface area contributed by atoms with E-state index in [1.807, 2.05) is 0 Å². The summed E-state index contributed by atoms with van der Waals surface area (Å²) in [5, 5.41) is 0. The number of hydrogen-bond acceptors (Lipinski definition) is 3. The summed E-state index contributed by atoms with van der Waals surface area (Å²) in [6, 6.07) is 9.59. The van der Waals surface area contributed by atoms with Crippen LogP contribution in [0.15, 0.2) is 40.8 Å². The van der Waals surface area contributed by atoms with Crippen LogP contribution in [0, 0.1) is 33.5 Å². The van der Waals surface area contributed by atoms with Crippen molar-refractivity contribution in [3.63, 3.8) is 0 Å². The predicted molar refractivity (Wildman–Crippen MR) is 98.3 cm³/mol. The van der Waals surface area contributed by atoms with Crippen LogP contribution in [0.2, 0.25) is 0 Å². The Hall–Kier alpha value is -3.35. The third kappa shape index (κ3) is 3.48. The highest BCUT2D eigenvalue weighted by molar-refractivity contribution is 6.00. The molecule has 2 heterocycles. The lowest BCUT2D eigenvalue weighted by molar-refractivity contribution is 0.0845. The average molecular weight is 369 g/mol. The van der Waals surface area contributed by atoms with Gasteiger partial charge in [-0.15, -0.1) is 0 Å². The number of nitrogens with zero attached hydrogens (tertiary/aromatic N) is 1. The van der Waals surface area contributed by atoms with E-state index in [0.29, 0.717) is 39.7 Å². The van der Waals surface area contributed by atoms with E-state index in [2.05, 4.69) is 10.9 Å². The van der Waals surface area contributed by atoms with E-state index >= 15 is 0 Å². The van der Waals surface area contributed by atoms with Crippen molar-refractivity contribution in [1.82, 2.24) is 15.4 Å². The molecule has 2 N–H and O–H groups in total. The molecule has 2 aromatic heterocycles. The van der Waals surface area contributed by atoms with Gasteiger partial charge in [-0.25, -0.2) is 4.39 Å². The minimum absolute atomic E-state index is 0.344. The fourth-order valence-electron chi connectivity index (χ4n) is 3.10. The van der Waals surface area contributed by atoms with Crippen LogP contribution < -0.4 is 10.9 Å². The minimum atomic E-state index is -0.489. The molecule has 140 valence electrons. The van der Waals surface area contributed by atoms with Crippen LogP contribution in [0.1, 0.15) is 43.6 Å². The second kappa shape index (κ2) is 7.11. The molecule has 0 aliphatic carbocycles. The predicted octanol–water partition coefficient (Wildman–Crippen LogP) is 3.52. The summed E-state index contributed by atoms with van der Waals surface area (Å²) in [6.07, 6.45) is 0. The first-order chi connectivity index (χ1) is 12.8. The molecule has 0 spiro atoms. The van der Waals surface area contributed by atoms with Gasteiger partial charge in [0.1, 0.15) is 17.3 Å². The van der Waals surface area contributed by atoms with Gasteiger partial charge in [0.05, 0.1) is 16.8 Å². The highest BCUT2D eigenvalue weighted by Crippen LogP contribution is 2.22. The number of furan rings is 1. The molecule has 6 nitrogen and oxygen atoms in total. The Kier molecular flexibility index (Phi) is 4.85. The molecule has 3 aromatic rings. The van der Waals surface area contributed by atoms with Crippen molar-refractivity contribution in [3.05, 3.63) is 76.3 Å². The molecule has 0 radical (unpaired) electrons. The molecule has 0 bridgehead atoms. The first-order valence-corrected chi connectivity index (χ1v) is 8.41. The maximum Gasteiger partial charge on any atom is 0.273 e. The largest absolute Gasteiger partial charge is 0.466 e. The Bertz CT molecular complexity index is 1030. The smallest absolute Gasteiger partial charge is 0.273 e. The fraction of sp³-hybridized carbons (Fsp3) is 0.200. The lowest BCUT2D eigenvalue weighted by atomic mass is 10.2. The van der Waals surface area contributed by atoms with Crippen molar-refractivity contribution in [2.75, 3.05) is 0 Å². The van der Waals surface area contributed by atoms with Crippen LogP contribution in [0.25, 0.3) is 5.69 Å². The molecule has 0 aliphatic heterocycles. The number of halogens is 1. The van der Waals surface area contributed by atoms with E-state index in [0.717, 1.165) is 0 Å². The summed E-state index contributed by atoms with van der Waals surface area (Å²) in [7, 11) is 0. The number of aryl methyl sites for hydroxylation is 3. The molecule has 0 atom stereocenters. The van der Waals surface area contributed by atoms with E-state index in [-0.39, 0.29) is 5.82 Å². The van der Waals surface area contributed by atoms with Crippen molar-refractivity contribution in [2.45, 2.75) is 27.7 Å². The Morgan fingerprint density at radius 1 is 0.963 bits per heavy atom. The van der Waals surface area contributed by atoms with Gasteiger partial charge in [-0.1, -0.05) is 12.1 Å². The maximum atomic E-state index is 14.1. The molecule has 0 aliphatic rings. The number of para-hydroxylation sites is 1. The molecule has 3 rings (SSSR count). The number of carbonyl (C=O) groups is 2. The normalized spacial score (nSPS) is 10.7. The topological polar surface area (TPSA) is 76.3 Å². The van der Waals surface area contributed by atoms with Gasteiger partial charge in [-0.05, 0) is 52.0 Å². The van der Waals surface area contributed by atoms with Gasteiger partial charge in [0.25, 0.3) is 11.8 Å². The van der Waals surface area contributed by atoms with E-state index in [4.69, 9.17) is 4.42 Å². The van der Waals surface area contributed by atoms with Crippen molar-refractivity contribution in [2.24, 2.45) is 0 Å². The fourth-order valence-corrected chi connectivity index (χ4v) is 3.10. The molecule has 0 unspecified atom stereocenters. The number of amides is 2. The van der Waals surface area contributed by atoms with Crippen LogP contribution in [0.4, 0.5) is 4.39 Å². The quantitative estimate of drug-likeness (QED) is 0.694. The van der Waals surface area contributed by atoms with E-state index in [9.17, 15) is 14.0 Å². The van der Waals surface area contributed by atoms with E-state index in [1.165, 1.54) is 6.07 Å². The lowest BCUT2D eigenvalue weighted by Crippen LogP contribution is -2.41. The number of rotatable bonds is 3. The molecule has 0 saturated carbocycles. The zero-order valence-electron chi connectivity index (χ0n) is 15.5. The zero-order valence-corrected chi connectivity index (χ0v) is 15.5. The lowest BCUT2D eigenvalue weighted by Gasteiger charge is -2.11. The van der Waals surface area contributed by atoms with Crippen LogP contribution >= 0.6 is 0 Å². The number of nitrogens with one attached hydrogen (secondary N) is 2. The van der Waals surface area contributed by atoms with Gasteiger partial charge >= 0.3 is 0 Å². The minimum Gasteiger partial charge on any atom is -0.466 e. The van der Waals surface area contributed by atoms with Crippen molar-refractivity contribution < 1.29 is 18.4 Å². The monoisotopic (exact) mass is 369 g/mol. The van der Waals surface area contributed by atoms with Crippen molar-refractivity contribution >= 4 is 11.8 Å². The summed E-state index contributed by atoms with van der Waals surface area (Å²) in [6.45, 7) is 6.91. The third-order valence-electron chi connectivity index (χ3n) is 4.34. The molecular formula is C20H20FN3O3. The van der Waals surface area contributed by atoms with E-state index in [1.54, 1.807) is 62.6 Å². The number of benzene rings is 1. The number of hydrogen-bond donors (Lipinski definition) is 2. The summed E-state index contributed by atoms with van der Waals surface area (Å²) in [4.78, 5) is 24.7. The highest BCUT2D eigenvalue weighted by Gasteiger charge is 2.20. The maximum absolute atomic E-state index is 14.1. The molecule has 0 saturated heterocycles. The summed E-state index contributed by atoms with van der Waals surface area (Å²) < 4.78 is 21.1. The van der Waals surface area contributed by atoms with Gasteiger partial charge in [-0.2, -0.15) is 0 Å². The first kappa shape index (κ1) is 18.4. The standard InChI is InChI=1S/C20H20FN3O3/c1-11-9-15(13(3)24(11)18-8-6-5-7-17(18)21)19(25)22-23-20(26)16-10-12(2)27-14(16)4/h5-10H,1-4H3,(H,22,25)(H,23,26). The third-order valence-corrected chi connectivity index (χ3v) is 4.34. The van der Waals surface area contributed by atoms with Crippen molar-refractivity contribution in [1.29, 1.82) is 0 Å². The second-order valence-electron chi connectivity index (χ2n) is 6.31. The van der Waals surface area contributed by atoms with Crippen molar-refractivity contribution in [3.8, 4) is 5.69 Å². The molecule has 7 heteroatoms. The molecule has 0 fully saturated rings. The number of hydrazine groups is 1. The average Bonchev–Trinajstić information content (AvgIpc) is 3.11. The Balaban J connectivity index is 1.80. The van der Waals surface area contributed by atoms with Gasteiger partial charge in [0, 0.05) is 11.4 Å². The second-order valence-corrected chi connectivity index (χ2v) is 6.31. The summed E-state index contributed by atoms with van der Waals surface area (Å²) in [5.74, 6) is -0.266. The Morgan fingerprint density at radius 2 is 1.59 bits per heavy atom. The first-order valence-electron chi connectivity index (χ1n) is 8.41. The molecule has 27 heavy (non-hydrogen) atoms. The van der Waals surface area contributed by atoms with E-state index < -0.39 is 11.8 Å². The highest BCUT2D eigenvalue weighted by atomic mass is 19.1. The SMILES string of the molecule is Cc1cc(C(=O)NNC(=O)c2cc(C)n(-c3ccccc3F)c2C)c(C)o1. The summed E-state index contributed by atoms with van der Waals surface area (Å²) >= 11 is 0. The van der Waals surface area contributed by atoms with Crippen LogP contribution in [0.5, 0.6) is 0 Å². The Morgan fingerprint density at radius 3 is 2.19 bits per heavy atom.